The van der Waals surface area contributed by atoms with E-state index < -0.39 is 22.0 Å². The van der Waals surface area contributed by atoms with E-state index in [-0.39, 0.29) is 10.6 Å². The number of carbonyl (C=O) groups is 1. The van der Waals surface area contributed by atoms with Crippen LogP contribution in [0, 0.1) is 0 Å². The third kappa shape index (κ3) is 3.44. The number of hydrogen-bond acceptors (Lipinski definition) is 3. The Morgan fingerprint density at radius 3 is 2.62 bits per heavy atom. The number of nitrogens with one attached hydrogen (secondary N) is 2. The number of benzene rings is 1. The summed E-state index contributed by atoms with van der Waals surface area (Å²) in [5.41, 5.74) is 0.442. The minimum absolute atomic E-state index is 0.140. The molecular weight excluding hydrogens is 316 g/mol. The molecule has 1 aromatic carbocycles. The summed E-state index contributed by atoms with van der Waals surface area (Å²) in [7, 11) is -3.84. The van der Waals surface area contributed by atoms with Gasteiger partial charge in [0.15, 0.2) is 0 Å². The van der Waals surface area contributed by atoms with Crippen LogP contribution in [0.15, 0.2) is 41.4 Å². The molecule has 1 aromatic heterocycles. The van der Waals surface area contributed by atoms with Gasteiger partial charge in [0.2, 0.25) is 10.0 Å². The largest absolute Gasteiger partial charge is 0.477 e. The number of H-pyrrole nitrogens is 1. The maximum absolute atomic E-state index is 12.2. The van der Waals surface area contributed by atoms with Gasteiger partial charge in [-0.25, -0.2) is 17.9 Å². The Balaban J connectivity index is 2.24. The molecular formula is C13H13ClN2O4S. The lowest BCUT2D eigenvalue weighted by molar-refractivity contribution is 0.0691. The first-order chi connectivity index (χ1) is 9.81. The van der Waals surface area contributed by atoms with Crippen molar-refractivity contribution >= 4 is 27.6 Å². The second-order valence-electron chi connectivity index (χ2n) is 4.42. The van der Waals surface area contributed by atoms with E-state index in [1.807, 2.05) is 0 Å². The molecule has 0 unspecified atom stereocenters. The summed E-state index contributed by atoms with van der Waals surface area (Å²) in [6.07, 6.45) is 1.13. The molecule has 0 spiro atoms. The number of sulfonamides is 1. The lowest BCUT2D eigenvalue weighted by atomic mass is 10.1. The lowest BCUT2D eigenvalue weighted by Gasteiger charge is -2.15. The minimum Gasteiger partial charge on any atom is -0.477 e. The standard InChI is InChI=1S/C13H13ClN2O4S/c1-8(10-4-2-3-5-11(10)14)16-21(19,20)9-6-12(13(17)18)15-7-9/h2-8,15-16H,1H3,(H,17,18)/t8-/m0/s1. The topological polar surface area (TPSA) is 99.3 Å². The van der Waals surface area contributed by atoms with Crippen LogP contribution in [0.1, 0.15) is 29.0 Å². The highest BCUT2D eigenvalue weighted by molar-refractivity contribution is 7.89. The van der Waals surface area contributed by atoms with E-state index in [1.54, 1.807) is 31.2 Å². The van der Waals surface area contributed by atoms with Crippen LogP contribution >= 0.6 is 11.6 Å². The highest BCUT2D eigenvalue weighted by Crippen LogP contribution is 2.24. The first kappa shape index (κ1) is 15.6. The fraction of sp³-hybridized carbons (Fsp3) is 0.154. The molecule has 0 saturated carbocycles. The Bertz CT molecular complexity index is 770. The number of hydrogen-bond donors (Lipinski definition) is 3. The predicted molar refractivity (Wildman–Crippen MR) is 77.9 cm³/mol. The van der Waals surface area contributed by atoms with E-state index in [1.165, 1.54) is 0 Å². The third-order valence-electron chi connectivity index (χ3n) is 2.90. The van der Waals surface area contributed by atoms with Crippen LogP contribution in [0.4, 0.5) is 0 Å². The molecule has 21 heavy (non-hydrogen) atoms. The second-order valence-corrected chi connectivity index (χ2v) is 6.54. The van der Waals surface area contributed by atoms with Crippen LogP contribution < -0.4 is 4.72 Å². The molecule has 0 aliphatic carbocycles. The highest BCUT2D eigenvalue weighted by atomic mass is 35.5. The molecule has 2 aromatic rings. The fourth-order valence-electron chi connectivity index (χ4n) is 1.84. The zero-order chi connectivity index (χ0) is 15.6. The van der Waals surface area contributed by atoms with Crippen molar-refractivity contribution in [1.29, 1.82) is 0 Å². The maximum atomic E-state index is 12.2. The number of aromatic carboxylic acids is 1. The normalized spacial score (nSPS) is 13.0. The summed E-state index contributed by atoms with van der Waals surface area (Å²) < 4.78 is 26.8. The molecule has 2 rings (SSSR count). The molecule has 0 bridgehead atoms. The van der Waals surface area contributed by atoms with E-state index in [4.69, 9.17) is 16.7 Å². The van der Waals surface area contributed by atoms with Gasteiger partial charge in [-0.15, -0.1) is 0 Å². The number of aromatic nitrogens is 1. The summed E-state index contributed by atoms with van der Waals surface area (Å²) in [6.45, 7) is 1.66. The van der Waals surface area contributed by atoms with Crippen LogP contribution in [0.3, 0.4) is 0 Å². The van der Waals surface area contributed by atoms with Gasteiger partial charge >= 0.3 is 5.97 Å². The SMILES string of the molecule is C[C@H](NS(=O)(=O)c1c[nH]c(C(=O)O)c1)c1ccccc1Cl. The molecule has 112 valence electrons. The fourth-order valence-corrected chi connectivity index (χ4v) is 3.36. The van der Waals surface area contributed by atoms with Crippen molar-refractivity contribution in [2.75, 3.05) is 0 Å². The molecule has 0 aliphatic heterocycles. The van der Waals surface area contributed by atoms with E-state index in [2.05, 4.69) is 9.71 Å². The molecule has 0 amide bonds. The second kappa shape index (κ2) is 5.88. The molecule has 1 atom stereocenters. The van der Waals surface area contributed by atoms with Crippen molar-refractivity contribution < 1.29 is 18.3 Å². The first-order valence-corrected chi connectivity index (χ1v) is 7.86. The smallest absolute Gasteiger partial charge is 0.352 e. The molecule has 6 nitrogen and oxygen atoms in total. The molecule has 0 saturated heterocycles. The van der Waals surface area contributed by atoms with Crippen molar-refractivity contribution in [3.63, 3.8) is 0 Å². The summed E-state index contributed by atoms with van der Waals surface area (Å²) >= 11 is 6.02. The molecule has 3 N–H and O–H groups in total. The average Bonchev–Trinajstić information content (AvgIpc) is 2.89. The lowest BCUT2D eigenvalue weighted by Crippen LogP contribution is -2.26. The van der Waals surface area contributed by atoms with Gasteiger partial charge < -0.3 is 10.1 Å². The molecule has 8 heteroatoms. The summed E-state index contributed by atoms with van der Waals surface area (Å²) in [5.74, 6) is -1.23. The highest BCUT2D eigenvalue weighted by Gasteiger charge is 2.22. The Kier molecular flexibility index (Phi) is 4.36. The Morgan fingerprint density at radius 2 is 2.05 bits per heavy atom. The van der Waals surface area contributed by atoms with E-state index >= 15 is 0 Å². The number of carboxylic acid groups (broad SMARTS) is 1. The van der Waals surface area contributed by atoms with Crippen molar-refractivity contribution in [2.24, 2.45) is 0 Å². The van der Waals surface area contributed by atoms with Crippen molar-refractivity contribution in [1.82, 2.24) is 9.71 Å². The zero-order valence-electron chi connectivity index (χ0n) is 11.0. The van der Waals surface area contributed by atoms with E-state index in [9.17, 15) is 13.2 Å². The quantitative estimate of drug-likeness (QED) is 0.784. The van der Waals surface area contributed by atoms with Crippen LogP contribution in [0.2, 0.25) is 5.02 Å². The summed E-state index contributed by atoms with van der Waals surface area (Å²) in [4.78, 5) is 13.0. The minimum atomic E-state index is -3.84. The Morgan fingerprint density at radius 1 is 1.38 bits per heavy atom. The molecule has 0 radical (unpaired) electrons. The van der Waals surface area contributed by atoms with Gasteiger partial charge in [0.05, 0.1) is 0 Å². The predicted octanol–water partition coefficient (Wildman–Crippen LogP) is 2.41. The van der Waals surface area contributed by atoms with Crippen LogP contribution in [0.5, 0.6) is 0 Å². The van der Waals surface area contributed by atoms with Crippen LogP contribution in [-0.2, 0) is 10.0 Å². The van der Waals surface area contributed by atoms with Gasteiger partial charge in [-0.1, -0.05) is 29.8 Å². The number of rotatable bonds is 5. The number of aromatic amines is 1. The van der Waals surface area contributed by atoms with Crippen molar-refractivity contribution in [3.05, 3.63) is 52.8 Å². The van der Waals surface area contributed by atoms with Gasteiger partial charge in [-0.05, 0) is 24.6 Å². The molecule has 1 heterocycles. The molecule has 0 aliphatic rings. The molecule has 0 fully saturated rings. The van der Waals surface area contributed by atoms with Crippen molar-refractivity contribution in [2.45, 2.75) is 17.9 Å². The zero-order valence-corrected chi connectivity index (χ0v) is 12.6. The first-order valence-electron chi connectivity index (χ1n) is 6.00. The maximum Gasteiger partial charge on any atom is 0.352 e. The summed E-state index contributed by atoms with van der Waals surface area (Å²) in [6, 6.07) is 7.40. The van der Waals surface area contributed by atoms with E-state index in [0.29, 0.717) is 10.6 Å². The van der Waals surface area contributed by atoms with Gasteiger partial charge in [-0.2, -0.15) is 0 Å². The van der Waals surface area contributed by atoms with Crippen molar-refractivity contribution in [3.8, 4) is 0 Å². The Labute approximate surface area is 126 Å². The number of carboxylic acids is 1. The van der Waals surface area contributed by atoms with Crippen LogP contribution in [-0.4, -0.2) is 24.5 Å². The average molecular weight is 329 g/mol. The number of halogens is 1. The summed E-state index contributed by atoms with van der Waals surface area (Å²) in [5, 5.41) is 9.25. The van der Waals surface area contributed by atoms with Gasteiger partial charge in [-0.3, -0.25) is 0 Å². The van der Waals surface area contributed by atoms with Gasteiger partial charge in [0.1, 0.15) is 10.6 Å². The Hall–Kier alpha value is -1.83. The van der Waals surface area contributed by atoms with E-state index in [0.717, 1.165) is 12.3 Å². The van der Waals surface area contributed by atoms with Gasteiger partial charge in [0, 0.05) is 17.3 Å². The van der Waals surface area contributed by atoms with Gasteiger partial charge in [0.25, 0.3) is 0 Å². The third-order valence-corrected chi connectivity index (χ3v) is 4.77. The van der Waals surface area contributed by atoms with Crippen LogP contribution in [0.25, 0.3) is 0 Å². The monoisotopic (exact) mass is 328 g/mol.